The number of rotatable bonds is 8. The summed E-state index contributed by atoms with van der Waals surface area (Å²) in [6, 6.07) is 1.65. The van der Waals surface area contributed by atoms with Crippen LogP contribution in [0.1, 0.15) is 100 Å². The second-order valence-corrected chi connectivity index (χ2v) is 5.82. The maximum absolute atomic E-state index is 2.78. The molecule has 1 aliphatic carbocycles. The highest BCUT2D eigenvalue weighted by atomic mass is 15.2. The van der Waals surface area contributed by atoms with Crippen molar-refractivity contribution in [2.75, 3.05) is 6.54 Å². The van der Waals surface area contributed by atoms with Crippen LogP contribution in [0.3, 0.4) is 0 Å². The van der Waals surface area contributed by atoms with Crippen molar-refractivity contribution >= 4 is 0 Å². The molecular weight excluding hydrogens is 242 g/mol. The van der Waals surface area contributed by atoms with Gasteiger partial charge in [-0.05, 0) is 45.4 Å². The molecule has 124 valence electrons. The Morgan fingerprint density at radius 2 is 1.35 bits per heavy atom. The average molecular weight is 286 g/mol. The van der Waals surface area contributed by atoms with Gasteiger partial charge in [0.15, 0.2) is 0 Å². The van der Waals surface area contributed by atoms with Crippen molar-refractivity contribution in [1.82, 2.24) is 4.90 Å². The Hall–Kier alpha value is -0.0400. The van der Waals surface area contributed by atoms with Gasteiger partial charge in [-0.25, -0.2) is 0 Å². The van der Waals surface area contributed by atoms with Crippen molar-refractivity contribution in [2.45, 2.75) is 112 Å². The molecule has 1 heteroatoms. The van der Waals surface area contributed by atoms with Crippen molar-refractivity contribution < 1.29 is 0 Å². The molecule has 0 spiro atoms. The molecule has 0 aliphatic heterocycles. The van der Waals surface area contributed by atoms with Crippen LogP contribution in [0.5, 0.6) is 0 Å². The summed E-state index contributed by atoms with van der Waals surface area (Å²) >= 11 is 0. The zero-order chi connectivity index (χ0) is 16.0. The van der Waals surface area contributed by atoms with E-state index in [-0.39, 0.29) is 0 Å². The average Bonchev–Trinajstić information content (AvgIpc) is 2.41. The first-order valence-corrected chi connectivity index (χ1v) is 9.44. The second kappa shape index (κ2) is 15.4. The van der Waals surface area contributed by atoms with E-state index in [2.05, 4.69) is 32.6 Å². The first-order chi connectivity index (χ1) is 9.69. The molecule has 0 N–H and O–H groups in total. The normalized spacial score (nSPS) is 14.6. The van der Waals surface area contributed by atoms with E-state index in [4.69, 9.17) is 0 Å². The number of nitrogens with zero attached hydrogens (tertiary/aromatic N) is 1. The SMILES string of the molecule is CC.CC.CCCC(CCC)CN(C(C)C)C1CCC1. The van der Waals surface area contributed by atoms with Crippen LogP contribution in [-0.4, -0.2) is 23.5 Å². The Bertz CT molecular complexity index is 167. The molecule has 0 saturated heterocycles. The minimum Gasteiger partial charge on any atom is -0.298 e. The van der Waals surface area contributed by atoms with Gasteiger partial charge in [-0.3, -0.25) is 4.90 Å². The van der Waals surface area contributed by atoms with E-state index in [1.807, 2.05) is 27.7 Å². The largest absolute Gasteiger partial charge is 0.298 e. The number of hydrogen-bond acceptors (Lipinski definition) is 1. The Labute approximate surface area is 130 Å². The smallest absolute Gasteiger partial charge is 0.00980 e. The van der Waals surface area contributed by atoms with Gasteiger partial charge in [0.25, 0.3) is 0 Å². The van der Waals surface area contributed by atoms with E-state index in [0.29, 0.717) is 0 Å². The topological polar surface area (TPSA) is 3.24 Å². The maximum atomic E-state index is 2.78. The first-order valence-electron chi connectivity index (χ1n) is 9.44. The molecule has 0 radical (unpaired) electrons. The zero-order valence-corrected chi connectivity index (χ0v) is 15.8. The zero-order valence-electron chi connectivity index (χ0n) is 15.8. The molecule has 0 amide bonds. The van der Waals surface area contributed by atoms with Gasteiger partial charge in [0.1, 0.15) is 0 Å². The van der Waals surface area contributed by atoms with Gasteiger partial charge in [-0.2, -0.15) is 0 Å². The lowest BCUT2D eigenvalue weighted by molar-refractivity contribution is 0.0724. The van der Waals surface area contributed by atoms with Crippen molar-refractivity contribution in [3.8, 4) is 0 Å². The summed E-state index contributed by atoms with van der Waals surface area (Å²) < 4.78 is 0. The van der Waals surface area contributed by atoms with Gasteiger partial charge >= 0.3 is 0 Å². The summed E-state index contributed by atoms with van der Waals surface area (Å²) in [6.07, 6.45) is 9.89. The van der Waals surface area contributed by atoms with Gasteiger partial charge in [0.2, 0.25) is 0 Å². The van der Waals surface area contributed by atoms with Gasteiger partial charge in [0, 0.05) is 18.6 Å². The van der Waals surface area contributed by atoms with Crippen molar-refractivity contribution in [1.29, 1.82) is 0 Å². The molecule has 0 aromatic rings. The maximum Gasteiger partial charge on any atom is 0.00980 e. The lowest BCUT2D eigenvalue weighted by atomic mass is 9.88. The first kappa shape index (κ1) is 22.2. The third-order valence-corrected chi connectivity index (χ3v) is 4.07. The van der Waals surface area contributed by atoms with Gasteiger partial charge in [0.05, 0.1) is 0 Å². The summed E-state index contributed by atoms with van der Waals surface area (Å²) in [5.74, 6) is 0.943. The predicted octanol–water partition coefficient (Wildman–Crippen LogP) is 6.52. The van der Waals surface area contributed by atoms with Crippen molar-refractivity contribution in [3.63, 3.8) is 0 Å². The monoisotopic (exact) mass is 285 g/mol. The minimum atomic E-state index is 0.738. The molecule has 0 unspecified atom stereocenters. The molecule has 0 bridgehead atoms. The summed E-state index contributed by atoms with van der Waals surface area (Å²) in [5, 5.41) is 0. The molecule has 0 aromatic carbocycles. The van der Waals surface area contributed by atoms with Gasteiger partial charge in [-0.15, -0.1) is 0 Å². The third-order valence-electron chi connectivity index (χ3n) is 4.07. The van der Waals surface area contributed by atoms with E-state index >= 15 is 0 Å². The molecule has 0 heterocycles. The van der Waals surface area contributed by atoms with E-state index < -0.39 is 0 Å². The van der Waals surface area contributed by atoms with Crippen LogP contribution in [0.4, 0.5) is 0 Å². The van der Waals surface area contributed by atoms with E-state index in [9.17, 15) is 0 Å². The third kappa shape index (κ3) is 9.00. The number of hydrogen-bond donors (Lipinski definition) is 0. The Balaban J connectivity index is 0. The Morgan fingerprint density at radius 3 is 1.60 bits per heavy atom. The molecule has 0 aromatic heterocycles. The minimum absolute atomic E-state index is 0.738. The van der Waals surface area contributed by atoms with Gasteiger partial charge < -0.3 is 0 Å². The van der Waals surface area contributed by atoms with Crippen LogP contribution >= 0.6 is 0 Å². The summed E-state index contributed by atoms with van der Waals surface area (Å²) in [6.45, 7) is 18.7. The van der Waals surface area contributed by atoms with E-state index in [1.54, 1.807) is 0 Å². The lowest BCUT2D eigenvalue weighted by Crippen LogP contribution is -2.46. The van der Waals surface area contributed by atoms with Crippen LogP contribution < -0.4 is 0 Å². The fourth-order valence-electron chi connectivity index (χ4n) is 2.94. The Morgan fingerprint density at radius 1 is 0.900 bits per heavy atom. The lowest BCUT2D eigenvalue weighted by Gasteiger charge is -2.42. The molecule has 20 heavy (non-hydrogen) atoms. The quantitative estimate of drug-likeness (QED) is 0.491. The molecule has 1 saturated carbocycles. The highest BCUT2D eigenvalue weighted by Gasteiger charge is 2.28. The summed E-state index contributed by atoms with van der Waals surface area (Å²) in [7, 11) is 0. The predicted molar refractivity (Wildman–Crippen MR) is 95.5 cm³/mol. The van der Waals surface area contributed by atoms with Crippen molar-refractivity contribution in [2.24, 2.45) is 5.92 Å². The van der Waals surface area contributed by atoms with Crippen LogP contribution in [0.15, 0.2) is 0 Å². The fraction of sp³-hybridized carbons (Fsp3) is 1.00. The fourth-order valence-corrected chi connectivity index (χ4v) is 2.94. The highest BCUT2D eigenvalue weighted by molar-refractivity contribution is 4.83. The molecule has 1 aliphatic rings. The van der Waals surface area contributed by atoms with Crippen LogP contribution in [0, 0.1) is 5.92 Å². The van der Waals surface area contributed by atoms with E-state index in [0.717, 1.165) is 18.0 Å². The van der Waals surface area contributed by atoms with Crippen LogP contribution in [0.2, 0.25) is 0 Å². The molecular formula is C19H43N. The molecule has 1 rings (SSSR count). The Kier molecular flexibility index (Phi) is 17.1. The molecule has 1 fully saturated rings. The highest BCUT2D eigenvalue weighted by Crippen LogP contribution is 2.28. The van der Waals surface area contributed by atoms with Crippen LogP contribution in [0.25, 0.3) is 0 Å². The molecule has 1 nitrogen and oxygen atoms in total. The summed E-state index contributed by atoms with van der Waals surface area (Å²) in [5.41, 5.74) is 0. The van der Waals surface area contributed by atoms with Crippen LogP contribution in [-0.2, 0) is 0 Å². The summed E-state index contributed by atoms with van der Waals surface area (Å²) in [4.78, 5) is 2.78. The molecule has 0 atom stereocenters. The standard InChI is InChI=1S/C15H31N.2C2H6/c1-5-8-14(9-6-2)12-16(13(3)4)15-10-7-11-15;2*1-2/h13-15H,5-12H2,1-4H3;2*1-2H3. The van der Waals surface area contributed by atoms with E-state index in [1.165, 1.54) is 51.5 Å². The van der Waals surface area contributed by atoms with Crippen molar-refractivity contribution in [3.05, 3.63) is 0 Å². The van der Waals surface area contributed by atoms with Gasteiger partial charge in [-0.1, -0.05) is 60.8 Å². The second-order valence-electron chi connectivity index (χ2n) is 5.82.